The first-order valence-corrected chi connectivity index (χ1v) is 20.6. The molecule has 0 spiro atoms. The zero-order valence-electron chi connectivity index (χ0n) is 33.3. The molecule has 0 radical (unpaired) electrons. The van der Waals surface area contributed by atoms with Crippen molar-refractivity contribution in [1.82, 2.24) is 10.6 Å². The molecule has 0 fully saturated rings. The van der Waals surface area contributed by atoms with E-state index >= 15 is 9.59 Å². The SMILES string of the molecule is CCCCC(O)(CCCC)[C@@H](NC(=O)C(CC)(CC)C(=O)N[C@@H](c1cccc2ccccc12)C(O)(CCCC)CCCC)c1cccc2ccccc12. The minimum absolute atomic E-state index is 0.260. The molecule has 0 aliphatic rings. The average Bonchev–Trinajstić information content (AvgIpc) is 3.19. The molecule has 0 unspecified atom stereocenters. The minimum atomic E-state index is -1.45. The van der Waals surface area contributed by atoms with Gasteiger partial charge in [-0.05, 0) is 71.2 Å². The van der Waals surface area contributed by atoms with Crippen LogP contribution in [0.3, 0.4) is 0 Å². The summed E-state index contributed by atoms with van der Waals surface area (Å²) in [6.07, 6.45) is 9.52. The van der Waals surface area contributed by atoms with E-state index in [0.717, 1.165) is 84.0 Å². The van der Waals surface area contributed by atoms with Crippen molar-refractivity contribution in [3.8, 4) is 0 Å². The van der Waals surface area contributed by atoms with Crippen molar-refractivity contribution in [2.24, 2.45) is 5.41 Å². The summed E-state index contributed by atoms with van der Waals surface area (Å²) in [5.41, 5.74) is -2.17. The number of hydrogen-bond donors (Lipinski definition) is 4. The molecule has 0 aromatic heterocycles. The van der Waals surface area contributed by atoms with Crippen molar-refractivity contribution < 1.29 is 19.8 Å². The van der Waals surface area contributed by atoms with Crippen molar-refractivity contribution in [3.05, 3.63) is 96.1 Å². The molecule has 6 heteroatoms. The Bertz CT molecular complexity index is 1610. The van der Waals surface area contributed by atoms with E-state index in [1.54, 1.807) is 0 Å². The highest BCUT2D eigenvalue weighted by Crippen LogP contribution is 2.42. The van der Waals surface area contributed by atoms with Gasteiger partial charge in [-0.25, -0.2) is 0 Å². The Labute approximate surface area is 319 Å². The summed E-state index contributed by atoms with van der Waals surface area (Å²) in [5.74, 6) is -0.793. The van der Waals surface area contributed by atoms with Crippen LogP contribution in [0.2, 0.25) is 0 Å². The summed E-state index contributed by atoms with van der Waals surface area (Å²) in [5, 5.41) is 36.0. The molecule has 0 bridgehead atoms. The number of aliphatic hydroxyl groups is 2. The summed E-state index contributed by atoms with van der Waals surface area (Å²) in [7, 11) is 0. The molecule has 0 heterocycles. The zero-order valence-corrected chi connectivity index (χ0v) is 33.3. The third-order valence-corrected chi connectivity index (χ3v) is 11.8. The normalized spacial score (nSPS) is 13.6. The van der Waals surface area contributed by atoms with Gasteiger partial charge < -0.3 is 20.8 Å². The second kappa shape index (κ2) is 19.5. The van der Waals surface area contributed by atoms with Crippen LogP contribution < -0.4 is 10.6 Å². The lowest BCUT2D eigenvalue weighted by Crippen LogP contribution is -2.57. The Morgan fingerprint density at radius 1 is 0.509 bits per heavy atom. The monoisotopic (exact) mass is 723 g/mol. The first-order chi connectivity index (χ1) is 25.6. The highest BCUT2D eigenvalue weighted by molar-refractivity contribution is 6.05. The fraction of sp³-hybridized carbons (Fsp3) is 0.532. The van der Waals surface area contributed by atoms with Gasteiger partial charge in [0.2, 0.25) is 11.8 Å². The molecule has 2 amide bonds. The van der Waals surface area contributed by atoms with Gasteiger partial charge in [0.25, 0.3) is 0 Å². The molecule has 4 rings (SSSR count). The summed E-state index contributed by atoms with van der Waals surface area (Å²) in [4.78, 5) is 30.1. The summed E-state index contributed by atoms with van der Waals surface area (Å²) in [6.45, 7) is 12.2. The fourth-order valence-electron chi connectivity index (χ4n) is 8.30. The second-order valence-electron chi connectivity index (χ2n) is 15.4. The number of amides is 2. The third kappa shape index (κ3) is 9.50. The molecular formula is C47H66N2O4. The summed E-state index contributed by atoms with van der Waals surface area (Å²) in [6, 6.07) is 26.8. The Kier molecular flexibility index (Phi) is 15.5. The molecule has 0 aliphatic heterocycles. The molecule has 53 heavy (non-hydrogen) atoms. The number of rotatable bonds is 22. The van der Waals surface area contributed by atoms with Crippen LogP contribution in [0.25, 0.3) is 21.5 Å². The maximum absolute atomic E-state index is 15.1. The van der Waals surface area contributed by atoms with Crippen molar-refractivity contribution in [2.45, 2.75) is 155 Å². The molecule has 0 saturated carbocycles. The van der Waals surface area contributed by atoms with Crippen LogP contribution in [-0.2, 0) is 9.59 Å². The van der Waals surface area contributed by atoms with Gasteiger partial charge in [0, 0.05) is 0 Å². The van der Waals surface area contributed by atoms with E-state index in [9.17, 15) is 10.2 Å². The summed E-state index contributed by atoms with van der Waals surface area (Å²) < 4.78 is 0. The van der Waals surface area contributed by atoms with E-state index in [4.69, 9.17) is 0 Å². The van der Waals surface area contributed by atoms with Crippen LogP contribution in [-0.4, -0.2) is 33.2 Å². The van der Waals surface area contributed by atoms with E-state index < -0.39 is 40.5 Å². The van der Waals surface area contributed by atoms with Crippen LogP contribution in [0.1, 0.15) is 155 Å². The molecule has 4 N–H and O–H groups in total. The van der Waals surface area contributed by atoms with Gasteiger partial charge in [0.05, 0.1) is 23.3 Å². The lowest BCUT2D eigenvalue weighted by atomic mass is 9.75. The largest absolute Gasteiger partial charge is 0.387 e. The molecule has 4 aromatic carbocycles. The number of hydrogen-bond acceptors (Lipinski definition) is 4. The van der Waals surface area contributed by atoms with Crippen LogP contribution in [0.15, 0.2) is 84.9 Å². The Hall–Kier alpha value is -3.74. The second-order valence-corrected chi connectivity index (χ2v) is 15.4. The topological polar surface area (TPSA) is 98.7 Å². The van der Waals surface area contributed by atoms with Crippen molar-refractivity contribution >= 4 is 33.4 Å². The predicted octanol–water partition coefficient (Wildman–Crippen LogP) is 11.0. The van der Waals surface area contributed by atoms with Crippen molar-refractivity contribution in [2.75, 3.05) is 0 Å². The number of benzene rings is 4. The van der Waals surface area contributed by atoms with E-state index in [-0.39, 0.29) is 12.8 Å². The lowest BCUT2D eigenvalue weighted by molar-refractivity contribution is -0.148. The number of unbranched alkanes of at least 4 members (excludes halogenated alkanes) is 4. The van der Waals surface area contributed by atoms with Gasteiger partial charge in [0.15, 0.2) is 0 Å². The van der Waals surface area contributed by atoms with Gasteiger partial charge in [-0.2, -0.15) is 0 Å². The highest BCUT2D eigenvalue weighted by atomic mass is 16.3. The highest BCUT2D eigenvalue weighted by Gasteiger charge is 2.49. The molecule has 6 nitrogen and oxygen atoms in total. The van der Waals surface area contributed by atoms with E-state index in [1.807, 2.05) is 74.5 Å². The maximum Gasteiger partial charge on any atom is 0.236 e. The van der Waals surface area contributed by atoms with Gasteiger partial charge >= 0.3 is 0 Å². The number of carbonyl (C=O) groups excluding carboxylic acids is 2. The van der Waals surface area contributed by atoms with Gasteiger partial charge in [0.1, 0.15) is 5.41 Å². The smallest absolute Gasteiger partial charge is 0.236 e. The third-order valence-electron chi connectivity index (χ3n) is 11.8. The Morgan fingerprint density at radius 3 is 1.15 bits per heavy atom. The predicted molar refractivity (Wildman–Crippen MR) is 221 cm³/mol. The van der Waals surface area contributed by atoms with Crippen molar-refractivity contribution in [3.63, 3.8) is 0 Å². The first kappa shape index (κ1) is 42.0. The molecule has 0 saturated heterocycles. The molecular weight excluding hydrogens is 657 g/mol. The van der Waals surface area contributed by atoms with Gasteiger partial charge in [-0.1, -0.05) is 178 Å². The van der Waals surface area contributed by atoms with E-state index in [0.29, 0.717) is 25.7 Å². The van der Waals surface area contributed by atoms with Crippen molar-refractivity contribution in [1.29, 1.82) is 0 Å². The van der Waals surface area contributed by atoms with E-state index in [2.05, 4.69) is 62.6 Å². The summed E-state index contributed by atoms with van der Waals surface area (Å²) >= 11 is 0. The van der Waals surface area contributed by atoms with E-state index in [1.165, 1.54) is 0 Å². The van der Waals surface area contributed by atoms with Crippen LogP contribution in [0, 0.1) is 5.41 Å². The van der Waals surface area contributed by atoms with Crippen LogP contribution >= 0.6 is 0 Å². The Morgan fingerprint density at radius 2 is 0.830 bits per heavy atom. The standard InChI is InChI=1S/C47H66N2O4/c1-7-13-31-46(52,32-14-8-2)41(39-29-21-25-35-23-17-19-27-37(35)39)48-43(50)45(11-5,12-6)44(51)49-42(47(53,33-15-9-3)34-16-10-4)40-30-22-26-36-24-18-20-28-38(36)40/h17-30,41-42,52-53H,7-16,31-34H2,1-6H3,(H,48,50)(H,49,51)/t41-,42-/m0/s1. The number of fused-ring (bicyclic) bond motifs is 2. The molecule has 0 aliphatic carbocycles. The van der Waals surface area contributed by atoms with Gasteiger partial charge in [-0.15, -0.1) is 0 Å². The zero-order chi connectivity index (χ0) is 38.5. The van der Waals surface area contributed by atoms with Crippen LogP contribution in [0.4, 0.5) is 0 Å². The fourth-order valence-corrected chi connectivity index (χ4v) is 8.30. The average molecular weight is 723 g/mol. The quantitative estimate of drug-likeness (QED) is 0.0607. The lowest BCUT2D eigenvalue weighted by Gasteiger charge is -2.42. The Balaban J connectivity index is 1.84. The molecule has 288 valence electrons. The maximum atomic E-state index is 15.1. The number of nitrogens with one attached hydrogen (secondary N) is 2. The first-order valence-electron chi connectivity index (χ1n) is 20.6. The molecule has 4 aromatic rings. The molecule has 2 atom stereocenters. The number of carbonyl (C=O) groups is 2. The minimum Gasteiger partial charge on any atom is -0.387 e. The van der Waals surface area contributed by atoms with Gasteiger partial charge in [-0.3, -0.25) is 9.59 Å². The van der Waals surface area contributed by atoms with Crippen LogP contribution in [0.5, 0.6) is 0 Å².